The number of halogens is 1. The number of rotatable bonds is 3. The smallest absolute Gasteiger partial charge is 0.0223 e. The van der Waals surface area contributed by atoms with Gasteiger partial charge in [0, 0.05) is 37.6 Å². The van der Waals surface area contributed by atoms with Crippen molar-refractivity contribution in [1.82, 2.24) is 9.80 Å². The van der Waals surface area contributed by atoms with E-state index in [1.807, 2.05) is 0 Å². The molecule has 1 aliphatic carbocycles. The van der Waals surface area contributed by atoms with Crippen molar-refractivity contribution < 1.29 is 0 Å². The maximum absolute atomic E-state index is 3.79. The van der Waals surface area contributed by atoms with Gasteiger partial charge in [0.2, 0.25) is 0 Å². The van der Waals surface area contributed by atoms with E-state index >= 15 is 0 Å². The lowest BCUT2D eigenvalue weighted by Gasteiger charge is -2.46. The van der Waals surface area contributed by atoms with Crippen molar-refractivity contribution in [3.63, 3.8) is 0 Å². The van der Waals surface area contributed by atoms with E-state index in [9.17, 15) is 0 Å². The molecule has 104 valence electrons. The molecule has 0 aromatic carbocycles. The Morgan fingerprint density at radius 3 is 2.61 bits per heavy atom. The Bertz CT molecular complexity index is 276. The highest BCUT2D eigenvalue weighted by atomic mass is 79.9. The highest BCUT2D eigenvalue weighted by Gasteiger charge is 2.37. The average molecular weight is 315 g/mol. The summed E-state index contributed by atoms with van der Waals surface area (Å²) in [5.74, 6) is 0. The van der Waals surface area contributed by atoms with E-state index in [0.717, 1.165) is 6.04 Å². The van der Waals surface area contributed by atoms with E-state index in [-0.39, 0.29) is 0 Å². The van der Waals surface area contributed by atoms with Gasteiger partial charge in [-0.3, -0.25) is 9.80 Å². The van der Waals surface area contributed by atoms with Crippen LogP contribution in [-0.4, -0.2) is 53.9 Å². The molecular weight excluding hydrogens is 288 g/mol. The summed E-state index contributed by atoms with van der Waals surface area (Å²) in [7, 11) is 0. The predicted octanol–water partition coefficient (Wildman–Crippen LogP) is 3.11. The van der Waals surface area contributed by atoms with Crippen molar-refractivity contribution in [3.8, 4) is 0 Å². The van der Waals surface area contributed by atoms with Gasteiger partial charge in [0.05, 0.1) is 0 Å². The molecule has 0 aromatic heterocycles. The lowest BCUT2D eigenvalue weighted by atomic mass is 9.87. The molecule has 0 amide bonds. The van der Waals surface area contributed by atoms with Crippen LogP contribution in [0, 0.1) is 5.41 Å². The second kappa shape index (κ2) is 5.80. The van der Waals surface area contributed by atoms with Crippen LogP contribution < -0.4 is 0 Å². The van der Waals surface area contributed by atoms with Crippen molar-refractivity contribution in [2.45, 2.75) is 51.0 Å². The van der Waals surface area contributed by atoms with Gasteiger partial charge in [0.15, 0.2) is 0 Å². The summed E-state index contributed by atoms with van der Waals surface area (Å²) in [5, 5.41) is 1.21. The molecule has 0 spiro atoms. The average Bonchev–Trinajstić information content (AvgIpc) is 2.88. The molecule has 3 fully saturated rings. The lowest BCUT2D eigenvalue weighted by molar-refractivity contribution is 0.0307. The molecule has 2 saturated heterocycles. The Hall–Kier alpha value is 0.400. The number of nitrogens with zero attached hydrogens (tertiary/aromatic N) is 2. The third kappa shape index (κ3) is 2.78. The molecule has 0 bridgehead atoms. The fraction of sp³-hybridized carbons (Fsp3) is 1.00. The maximum atomic E-state index is 3.79. The molecule has 2 nitrogen and oxygen atoms in total. The zero-order valence-electron chi connectivity index (χ0n) is 11.5. The van der Waals surface area contributed by atoms with Gasteiger partial charge in [0.1, 0.15) is 0 Å². The fourth-order valence-corrected chi connectivity index (χ4v) is 5.04. The van der Waals surface area contributed by atoms with E-state index < -0.39 is 0 Å². The van der Waals surface area contributed by atoms with E-state index in [1.54, 1.807) is 0 Å². The maximum Gasteiger partial charge on any atom is 0.0223 e. The van der Waals surface area contributed by atoms with Crippen LogP contribution in [0.25, 0.3) is 0 Å². The Morgan fingerprint density at radius 1 is 1.00 bits per heavy atom. The zero-order chi connectivity index (χ0) is 12.4. The van der Waals surface area contributed by atoms with Gasteiger partial charge in [0.25, 0.3) is 0 Å². The monoisotopic (exact) mass is 314 g/mol. The highest BCUT2D eigenvalue weighted by molar-refractivity contribution is 9.09. The van der Waals surface area contributed by atoms with Gasteiger partial charge in [-0.1, -0.05) is 35.2 Å². The number of piperidine rings is 1. The summed E-state index contributed by atoms with van der Waals surface area (Å²) in [6.45, 7) is 6.69. The lowest BCUT2D eigenvalue weighted by Crippen LogP contribution is -2.56. The first-order valence-corrected chi connectivity index (χ1v) is 8.96. The van der Waals surface area contributed by atoms with Crippen LogP contribution in [0.4, 0.5) is 0 Å². The molecule has 3 aliphatic rings. The molecular formula is C15H27BrN2. The van der Waals surface area contributed by atoms with Crippen LogP contribution in [0.15, 0.2) is 0 Å². The summed E-state index contributed by atoms with van der Waals surface area (Å²) in [4.78, 5) is 5.52. The highest BCUT2D eigenvalue weighted by Crippen LogP contribution is 2.40. The van der Waals surface area contributed by atoms with Crippen molar-refractivity contribution in [2.75, 3.05) is 38.1 Å². The number of fused-ring (bicyclic) bond motifs is 1. The normalized spacial score (nSPS) is 33.5. The Labute approximate surface area is 120 Å². The second-order valence-electron chi connectivity index (χ2n) is 6.76. The third-order valence-corrected chi connectivity index (χ3v) is 6.62. The molecule has 2 aliphatic heterocycles. The summed E-state index contributed by atoms with van der Waals surface area (Å²) in [6, 6.07) is 0.876. The van der Waals surface area contributed by atoms with Gasteiger partial charge in [-0.2, -0.15) is 0 Å². The first kappa shape index (κ1) is 13.4. The predicted molar refractivity (Wildman–Crippen MR) is 80.3 cm³/mol. The Kier molecular flexibility index (Phi) is 4.32. The van der Waals surface area contributed by atoms with Crippen LogP contribution in [0.1, 0.15) is 44.9 Å². The van der Waals surface area contributed by atoms with Crippen LogP contribution in [0.3, 0.4) is 0 Å². The van der Waals surface area contributed by atoms with Crippen molar-refractivity contribution in [1.29, 1.82) is 0 Å². The van der Waals surface area contributed by atoms with E-state index in [2.05, 4.69) is 25.7 Å². The molecule has 1 atom stereocenters. The standard InChI is InChI=1S/C15H27BrN2/c16-12-15(6-2-3-7-15)13-17-9-10-18-8-4-1-5-14(18)11-17/h14H,1-13H2. The molecule has 0 aromatic rings. The van der Waals surface area contributed by atoms with Crippen LogP contribution in [-0.2, 0) is 0 Å². The molecule has 3 rings (SSSR count). The molecule has 0 N–H and O–H groups in total. The molecule has 2 heterocycles. The van der Waals surface area contributed by atoms with E-state index in [4.69, 9.17) is 0 Å². The quantitative estimate of drug-likeness (QED) is 0.739. The SMILES string of the molecule is BrCC1(CN2CCN3CCCCC3C2)CCCC1. The minimum Gasteiger partial charge on any atom is -0.300 e. The zero-order valence-corrected chi connectivity index (χ0v) is 13.1. The van der Waals surface area contributed by atoms with Gasteiger partial charge < -0.3 is 0 Å². The summed E-state index contributed by atoms with van der Waals surface area (Å²) >= 11 is 3.79. The number of alkyl halides is 1. The summed E-state index contributed by atoms with van der Waals surface area (Å²) in [5.41, 5.74) is 0.608. The van der Waals surface area contributed by atoms with Gasteiger partial charge in [-0.05, 0) is 37.6 Å². The molecule has 1 saturated carbocycles. The molecule has 0 radical (unpaired) electrons. The largest absolute Gasteiger partial charge is 0.300 e. The molecule has 18 heavy (non-hydrogen) atoms. The first-order chi connectivity index (χ1) is 8.81. The van der Waals surface area contributed by atoms with Crippen LogP contribution >= 0.6 is 15.9 Å². The molecule has 3 heteroatoms. The van der Waals surface area contributed by atoms with Crippen molar-refractivity contribution in [3.05, 3.63) is 0 Å². The van der Waals surface area contributed by atoms with E-state index in [0.29, 0.717) is 5.41 Å². The minimum absolute atomic E-state index is 0.608. The number of hydrogen-bond acceptors (Lipinski definition) is 2. The summed E-state index contributed by atoms with van der Waals surface area (Å²) in [6.07, 6.45) is 10.1. The molecule has 1 unspecified atom stereocenters. The van der Waals surface area contributed by atoms with Gasteiger partial charge in [-0.25, -0.2) is 0 Å². The third-order valence-electron chi connectivity index (χ3n) is 5.43. The first-order valence-electron chi connectivity index (χ1n) is 7.84. The Morgan fingerprint density at radius 2 is 1.83 bits per heavy atom. The second-order valence-corrected chi connectivity index (χ2v) is 7.32. The van der Waals surface area contributed by atoms with E-state index in [1.165, 1.54) is 83.0 Å². The minimum atomic E-state index is 0.608. The van der Waals surface area contributed by atoms with Crippen LogP contribution in [0.5, 0.6) is 0 Å². The number of piperazine rings is 1. The summed E-state index contributed by atoms with van der Waals surface area (Å²) < 4.78 is 0. The van der Waals surface area contributed by atoms with Gasteiger partial charge in [-0.15, -0.1) is 0 Å². The van der Waals surface area contributed by atoms with Gasteiger partial charge >= 0.3 is 0 Å². The topological polar surface area (TPSA) is 6.48 Å². The van der Waals surface area contributed by atoms with Crippen molar-refractivity contribution in [2.24, 2.45) is 5.41 Å². The Balaban J connectivity index is 1.57. The fourth-order valence-electron chi connectivity index (χ4n) is 4.30. The van der Waals surface area contributed by atoms with Crippen LogP contribution in [0.2, 0.25) is 0 Å². The van der Waals surface area contributed by atoms with Crippen molar-refractivity contribution >= 4 is 15.9 Å². The number of hydrogen-bond donors (Lipinski definition) is 0.